The number of benzene rings is 1. The molecule has 0 unspecified atom stereocenters. The lowest BCUT2D eigenvalue weighted by molar-refractivity contribution is 0.112. The molecule has 1 heterocycles. The van der Waals surface area contributed by atoms with Gasteiger partial charge in [0.1, 0.15) is 0 Å². The van der Waals surface area contributed by atoms with Crippen LogP contribution >= 0.6 is 45.7 Å². The number of aldehydes is 1. The van der Waals surface area contributed by atoms with Crippen molar-refractivity contribution in [2.24, 2.45) is 0 Å². The largest absolute Gasteiger partial charge is 0.298 e. The highest BCUT2D eigenvalue weighted by atomic mass is 127. The normalized spacial score (nSPS) is 10.7. The average molecular weight is 334 g/mol. The fourth-order valence-electron chi connectivity index (χ4n) is 1.34. The van der Waals surface area contributed by atoms with E-state index in [0.717, 1.165) is 15.4 Å². The van der Waals surface area contributed by atoms with Crippen LogP contribution < -0.4 is 0 Å². The van der Waals surface area contributed by atoms with E-state index in [0.29, 0.717) is 0 Å². The maximum atomic E-state index is 10.9. The summed E-state index contributed by atoms with van der Waals surface area (Å²) in [5.41, 5.74) is 0.796. The topological polar surface area (TPSA) is 17.1 Å². The molecule has 1 aromatic heterocycles. The molecule has 0 radical (unpaired) electrons. The lowest BCUT2D eigenvalue weighted by atomic mass is 10.2. The number of hydrogen-bond acceptors (Lipinski definition) is 3. The molecule has 0 fully saturated rings. The van der Waals surface area contributed by atoms with Crippen molar-refractivity contribution >= 4 is 62.1 Å². The molecule has 1 aromatic carbocycles. The molecule has 0 saturated heterocycles. The van der Waals surface area contributed by atoms with E-state index in [-0.39, 0.29) is 0 Å². The van der Waals surface area contributed by atoms with Crippen LogP contribution in [-0.2, 0) is 0 Å². The van der Waals surface area contributed by atoms with Crippen LogP contribution in [0.1, 0.15) is 10.4 Å². The Balaban J connectivity index is 2.86. The Kier molecular flexibility index (Phi) is 3.14. The zero-order chi connectivity index (χ0) is 10.1. The third-order valence-corrected chi connectivity index (χ3v) is 5.25. The minimum Gasteiger partial charge on any atom is -0.298 e. The van der Waals surface area contributed by atoms with Gasteiger partial charge in [-0.1, -0.05) is 0 Å². The van der Waals surface area contributed by atoms with Crippen molar-refractivity contribution < 1.29 is 4.79 Å². The highest BCUT2D eigenvalue weighted by Gasteiger charge is 2.09. The Morgan fingerprint density at radius 3 is 3.00 bits per heavy atom. The van der Waals surface area contributed by atoms with Crippen molar-refractivity contribution in [3.8, 4) is 0 Å². The van der Waals surface area contributed by atoms with Gasteiger partial charge in [-0.05, 0) is 46.4 Å². The van der Waals surface area contributed by atoms with E-state index in [1.807, 2.05) is 12.3 Å². The van der Waals surface area contributed by atoms with E-state index in [9.17, 15) is 4.79 Å². The third-order valence-electron chi connectivity index (χ3n) is 2.02. The van der Waals surface area contributed by atoms with Gasteiger partial charge < -0.3 is 0 Å². The van der Waals surface area contributed by atoms with Crippen LogP contribution in [0.25, 0.3) is 10.1 Å². The fourth-order valence-corrected chi connectivity index (χ4v) is 3.86. The second-order valence-electron chi connectivity index (χ2n) is 2.76. The number of carbonyl (C=O) groups excluding carboxylic acids is 1. The third kappa shape index (κ3) is 1.59. The minimum atomic E-state index is 0.796. The molecular weight excluding hydrogens is 327 g/mol. The highest BCUT2D eigenvalue weighted by Crippen LogP contribution is 2.35. The Morgan fingerprint density at radius 1 is 1.57 bits per heavy atom. The molecule has 0 aliphatic heterocycles. The number of rotatable bonds is 2. The minimum absolute atomic E-state index is 0.796. The van der Waals surface area contributed by atoms with Crippen LogP contribution in [0.4, 0.5) is 0 Å². The van der Waals surface area contributed by atoms with Crippen molar-refractivity contribution in [1.82, 2.24) is 0 Å². The summed E-state index contributed by atoms with van der Waals surface area (Å²) in [7, 11) is 0. The predicted molar refractivity (Wildman–Crippen MR) is 71.7 cm³/mol. The van der Waals surface area contributed by atoms with E-state index in [1.54, 1.807) is 23.1 Å². The van der Waals surface area contributed by atoms with Gasteiger partial charge in [0.25, 0.3) is 0 Å². The lowest BCUT2D eigenvalue weighted by Gasteiger charge is -2.03. The highest BCUT2D eigenvalue weighted by molar-refractivity contribution is 14.1. The molecular formula is C10H7IOS2. The summed E-state index contributed by atoms with van der Waals surface area (Å²) in [5.74, 6) is 0. The summed E-state index contributed by atoms with van der Waals surface area (Å²) in [5, 5.41) is 3.33. The van der Waals surface area contributed by atoms with Crippen LogP contribution in [0.5, 0.6) is 0 Å². The summed E-state index contributed by atoms with van der Waals surface area (Å²) < 4.78 is 2.29. The molecule has 0 amide bonds. The van der Waals surface area contributed by atoms with Gasteiger partial charge in [0.15, 0.2) is 6.29 Å². The molecule has 2 aromatic rings. The molecule has 0 atom stereocenters. The molecule has 0 saturated carbocycles. The van der Waals surface area contributed by atoms with Crippen LogP contribution in [0.15, 0.2) is 22.4 Å². The van der Waals surface area contributed by atoms with Gasteiger partial charge in [-0.3, -0.25) is 4.79 Å². The van der Waals surface area contributed by atoms with Gasteiger partial charge >= 0.3 is 0 Å². The standard InChI is InChI=1S/C10H7IOS2/c1-13-8-4-6(5-12)9(11)10-7(8)2-3-14-10/h2-5H,1H3. The van der Waals surface area contributed by atoms with Crippen molar-refractivity contribution in [3.63, 3.8) is 0 Å². The fraction of sp³-hybridized carbons (Fsp3) is 0.100. The summed E-state index contributed by atoms with van der Waals surface area (Å²) in [4.78, 5) is 12.0. The number of thiophene rings is 1. The first-order valence-corrected chi connectivity index (χ1v) is 7.15. The van der Waals surface area contributed by atoms with Gasteiger partial charge in [0.2, 0.25) is 0 Å². The van der Waals surface area contributed by atoms with Crippen molar-refractivity contribution in [3.05, 3.63) is 26.6 Å². The zero-order valence-corrected chi connectivity index (χ0v) is 11.2. The number of thioether (sulfide) groups is 1. The van der Waals surface area contributed by atoms with E-state index in [2.05, 4.69) is 34.0 Å². The Morgan fingerprint density at radius 2 is 2.36 bits per heavy atom. The first kappa shape index (κ1) is 10.4. The molecule has 1 nitrogen and oxygen atoms in total. The van der Waals surface area contributed by atoms with Crippen LogP contribution in [-0.4, -0.2) is 12.5 Å². The number of carbonyl (C=O) groups is 1. The van der Waals surface area contributed by atoms with Gasteiger partial charge in [0, 0.05) is 24.1 Å². The van der Waals surface area contributed by atoms with E-state index >= 15 is 0 Å². The zero-order valence-electron chi connectivity index (χ0n) is 7.41. The quantitative estimate of drug-likeness (QED) is 0.468. The summed E-state index contributed by atoms with van der Waals surface area (Å²) in [6.07, 6.45) is 2.97. The van der Waals surface area contributed by atoms with Crippen LogP contribution in [0, 0.1) is 3.57 Å². The average Bonchev–Trinajstić information content (AvgIpc) is 2.68. The molecule has 14 heavy (non-hydrogen) atoms. The van der Waals surface area contributed by atoms with E-state index < -0.39 is 0 Å². The Labute approximate surface area is 104 Å². The molecule has 2 rings (SSSR count). The van der Waals surface area contributed by atoms with E-state index in [1.165, 1.54) is 15.0 Å². The van der Waals surface area contributed by atoms with Gasteiger partial charge in [-0.25, -0.2) is 0 Å². The first-order chi connectivity index (χ1) is 6.77. The van der Waals surface area contributed by atoms with Crippen molar-refractivity contribution in [2.75, 3.05) is 6.26 Å². The summed E-state index contributed by atoms with van der Waals surface area (Å²) in [6, 6.07) is 4.08. The van der Waals surface area contributed by atoms with Gasteiger partial charge in [-0.2, -0.15) is 0 Å². The second-order valence-corrected chi connectivity index (χ2v) is 5.61. The molecule has 0 aliphatic rings. The lowest BCUT2D eigenvalue weighted by Crippen LogP contribution is -1.87. The Hall–Kier alpha value is -0.0700. The van der Waals surface area contributed by atoms with Crippen LogP contribution in [0.3, 0.4) is 0 Å². The monoisotopic (exact) mass is 334 g/mol. The predicted octanol–water partition coefficient (Wildman–Crippen LogP) is 4.04. The maximum Gasteiger partial charge on any atom is 0.151 e. The van der Waals surface area contributed by atoms with Gasteiger partial charge in [0.05, 0.1) is 0 Å². The SMILES string of the molecule is CSc1cc(C=O)c(I)c2sccc12. The van der Waals surface area contributed by atoms with Crippen molar-refractivity contribution in [1.29, 1.82) is 0 Å². The number of fused-ring (bicyclic) bond motifs is 1. The molecule has 0 N–H and O–H groups in total. The summed E-state index contributed by atoms with van der Waals surface area (Å²) in [6.45, 7) is 0. The molecule has 0 aliphatic carbocycles. The van der Waals surface area contributed by atoms with Gasteiger partial charge in [-0.15, -0.1) is 23.1 Å². The van der Waals surface area contributed by atoms with Crippen molar-refractivity contribution in [2.45, 2.75) is 4.90 Å². The Bertz CT molecular complexity index is 490. The summed E-state index contributed by atoms with van der Waals surface area (Å²) >= 11 is 5.62. The number of halogens is 1. The molecule has 0 bridgehead atoms. The smallest absolute Gasteiger partial charge is 0.151 e. The van der Waals surface area contributed by atoms with Crippen LogP contribution in [0.2, 0.25) is 0 Å². The molecule has 72 valence electrons. The number of hydrogen-bond donors (Lipinski definition) is 0. The first-order valence-electron chi connectivity index (χ1n) is 3.96. The molecule has 0 spiro atoms. The molecule has 4 heteroatoms. The second kappa shape index (κ2) is 4.20. The van der Waals surface area contributed by atoms with E-state index in [4.69, 9.17) is 0 Å². The maximum absolute atomic E-state index is 10.9.